The SMILES string of the molecule is COC(=O)C(=O)OCC(C)(C)CC#N. The molecule has 5 heteroatoms. The van der Waals surface area contributed by atoms with Crippen LogP contribution in [0.4, 0.5) is 0 Å². The maximum Gasteiger partial charge on any atom is 0.417 e. The third kappa shape index (κ3) is 4.45. The normalized spacial score (nSPS) is 10.1. The summed E-state index contributed by atoms with van der Waals surface area (Å²) in [5, 5.41) is 8.44. The second-order valence-corrected chi connectivity index (χ2v) is 3.57. The van der Waals surface area contributed by atoms with Gasteiger partial charge in [-0.15, -0.1) is 0 Å². The first-order valence-electron chi connectivity index (χ1n) is 4.05. The Balaban J connectivity index is 4.01. The summed E-state index contributed by atoms with van der Waals surface area (Å²) in [5.41, 5.74) is -0.446. The highest BCUT2D eigenvalue weighted by atomic mass is 16.6. The van der Waals surface area contributed by atoms with E-state index in [1.165, 1.54) is 0 Å². The highest BCUT2D eigenvalue weighted by molar-refractivity contribution is 6.29. The van der Waals surface area contributed by atoms with Crippen LogP contribution in [0.2, 0.25) is 0 Å². The standard InChI is InChI=1S/C9H13NO4/c1-9(2,4-5-10)6-14-8(12)7(11)13-3/h4,6H2,1-3H3. The summed E-state index contributed by atoms with van der Waals surface area (Å²) in [5.74, 6) is -2.06. The van der Waals surface area contributed by atoms with Gasteiger partial charge in [0.15, 0.2) is 0 Å². The average Bonchev–Trinajstić information content (AvgIpc) is 2.13. The summed E-state index contributed by atoms with van der Waals surface area (Å²) in [7, 11) is 1.10. The van der Waals surface area contributed by atoms with Crippen molar-refractivity contribution in [3.63, 3.8) is 0 Å². The van der Waals surface area contributed by atoms with Crippen LogP contribution in [0.15, 0.2) is 0 Å². The average molecular weight is 199 g/mol. The van der Waals surface area contributed by atoms with E-state index in [1.54, 1.807) is 13.8 Å². The summed E-state index contributed by atoms with van der Waals surface area (Å²) in [4.78, 5) is 21.5. The van der Waals surface area contributed by atoms with Gasteiger partial charge in [0, 0.05) is 11.8 Å². The first-order chi connectivity index (χ1) is 6.43. The maximum absolute atomic E-state index is 10.8. The van der Waals surface area contributed by atoms with Crippen molar-refractivity contribution < 1.29 is 19.1 Å². The lowest BCUT2D eigenvalue weighted by Crippen LogP contribution is -2.26. The zero-order valence-corrected chi connectivity index (χ0v) is 8.49. The van der Waals surface area contributed by atoms with E-state index in [9.17, 15) is 9.59 Å². The summed E-state index contributed by atoms with van der Waals surface area (Å²) >= 11 is 0. The highest BCUT2D eigenvalue weighted by Gasteiger charge is 2.23. The molecule has 0 bridgehead atoms. The van der Waals surface area contributed by atoms with Crippen molar-refractivity contribution in [2.24, 2.45) is 5.41 Å². The summed E-state index contributed by atoms with van der Waals surface area (Å²) in [6, 6.07) is 1.97. The van der Waals surface area contributed by atoms with E-state index in [2.05, 4.69) is 9.47 Å². The van der Waals surface area contributed by atoms with E-state index in [-0.39, 0.29) is 13.0 Å². The minimum absolute atomic E-state index is 0.0223. The molecular weight excluding hydrogens is 186 g/mol. The van der Waals surface area contributed by atoms with Gasteiger partial charge in [0.05, 0.1) is 19.8 Å². The predicted octanol–water partition coefficient (Wildman–Crippen LogP) is 0.642. The number of methoxy groups -OCH3 is 1. The Bertz CT molecular complexity index is 264. The smallest absolute Gasteiger partial charge is 0.417 e. The van der Waals surface area contributed by atoms with Crippen LogP contribution in [0, 0.1) is 16.7 Å². The number of hydrogen-bond acceptors (Lipinski definition) is 5. The molecular formula is C9H13NO4. The zero-order valence-electron chi connectivity index (χ0n) is 8.49. The summed E-state index contributed by atoms with van der Waals surface area (Å²) in [6.45, 7) is 3.55. The van der Waals surface area contributed by atoms with Crippen LogP contribution in [-0.2, 0) is 19.1 Å². The van der Waals surface area contributed by atoms with Gasteiger partial charge in [-0.25, -0.2) is 9.59 Å². The molecule has 0 aliphatic heterocycles. The number of ether oxygens (including phenoxy) is 2. The zero-order chi connectivity index (χ0) is 11.2. The lowest BCUT2D eigenvalue weighted by Gasteiger charge is -2.19. The van der Waals surface area contributed by atoms with Crippen LogP contribution in [-0.4, -0.2) is 25.7 Å². The molecule has 0 fully saturated rings. The molecule has 0 atom stereocenters. The van der Waals surface area contributed by atoms with E-state index < -0.39 is 17.4 Å². The first-order valence-corrected chi connectivity index (χ1v) is 4.05. The minimum Gasteiger partial charge on any atom is -0.461 e. The Hall–Kier alpha value is -1.57. The molecule has 0 radical (unpaired) electrons. The number of hydrogen-bond donors (Lipinski definition) is 0. The number of nitriles is 1. The van der Waals surface area contributed by atoms with Crippen LogP contribution in [0.3, 0.4) is 0 Å². The van der Waals surface area contributed by atoms with Gasteiger partial charge in [0.1, 0.15) is 0 Å². The van der Waals surface area contributed by atoms with Crippen LogP contribution in [0.5, 0.6) is 0 Å². The molecule has 0 aromatic rings. The molecule has 0 heterocycles. The van der Waals surface area contributed by atoms with Crippen molar-refractivity contribution in [3.05, 3.63) is 0 Å². The second-order valence-electron chi connectivity index (χ2n) is 3.57. The molecule has 0 saturated carbocycles. The fraction of sp³-hybridized carbons (Fsp3) is 0.667. The van der Waals surface area contributed by atoms with Crippen LogP contribution >= 0.6 is 0 Å². The van der Waals surface area contributed by atoms with Crippen molar-refractivity contribution in [1.29, 1.82) is 5.26 Å². The minimum atomic E-state index is -1.03. The Morgan fingerprint density at radius 2 is 1.93 bits per heavy atom. The number of carbonyl (C=O) groups excluding carboxylic acids is 2. The van der Waals surface area contributed by atoms with Crippen LogP contribution < -0.4 is 0 Å². The van der Waals surface area contributed by atoms with Crippen molar-refractivity contribution >= 4 is 11.9 Å². The third-order valence-electron chi connectivity index (χ3n) is 1.50. The first kappa shape index (κ1) is 12.4. The second kappa shape index (κ2) is 5.22. The van der Waals surface area contributed by atoms with Gasteiger partial charge >= 0.3 is 11.9 Å². The number of esters is 2. The molecule has 14 heavy (non-hydrogen) atoms. The fourth-order valence-electron chi connectivity index (χ4n) is 0.668. The lowest BCUT2D eigenvalue weighted by molar-refractivity contribution is -0.167. The monoisotopic (exact) mass is 199 g/mol. The van der Waals surface area contributed by atoms with Crippen LogP contribution in [0.25, 0.3) is 0 Å². The van der Waals surface area contributed by atoms with Crippen molar-refractivity contribution in [1.82, 2.24) is 0 Å². The third-order valence-corrected chi connectivity index (χ3v) is 1.50. The summed E-state index contributed by atoms with van der Waals surface area (Å²) < 4.78 is 8.81. The van der Waals surface area contributed by atoms with Gasteiger partial charge in [-0.1, -0.05) is 13.8 Å². The van der Waals surface area contributed by atoms with Gasteiger partial charge in [-0.05, 0) is 0 Å². The Labute approximate surface area is 82.6 Å². The topological polar surface area (TPSA) is 76.4 Å². The molecule has 0 amide bonds. The lowest BCUT2D eigenvalue weighted by atomic mass is 9.91. The molecule has 0 rings (SSSR count). The fourth-order valence-corrected chi connectivity index (χ4v) is 0.668. The van der Waals surface area contributed by atoms with Gasteiger partial charge < -0.3 is 9.47 Å². The van der Waals surface area contributed by atoms with Crippen LogP contribution in [0.1, 0.15) is 20.3 Å². The Morgan fingerprint density at radius 3 is 2.36 bits per heavy atom. The van der Waals surface area contributed by atoms with Crippen molar-refractivity contribution in [2.45, 2.75) is 20.3 Å². The molecule has 0 aromatic heterocycles. The molecule has 0 aromatic carbocycles. The van der Waals surface area contributed by atoms with E-state index in [4.69, 9.17) is 5.26 Å². The largest absolute Gasteiger partial charge is 0.461 e. The summed E-state index contributed by atoms with van der Waals surface area (Å²) in [6.07, 6.45) is 0.251. The predicted molar refractivity (Wildman–Crippen MR) is 47.0 cm³/mol. The molecule has 5 nitrogen and oxygen atoms in total. The molecule has 0 aliphatic rings. The number of nitrogens with zero attached hydrogens (tertiary/aromatic N) is 1. The van der Waals surface area contributed by atoms with Gasteiger partial charge in [0.2, 0.25) is 0 Å². The van der Waals surface area contributed by atoms with E-state index >= 15 is 0 Å². The van der Waals surface area contributed by atoms with Crippen molar-refractivity contribution in [2.75, 3.05) is 13.7 Å². The van der Waals surface area contributed by atoms with E-state index in [1.807, 2.05) is 6.07 Å². The van der Waals surface area contributed by atoms with Gasteiger partial charge in [-0.2, -0.15) is 5.26 Å². The van der Waals surface area contributed by atoms with Crippen molar-refractivity contribution in [3.8, 4) is 6.07 Å². The highest BCUT2D eigenvalue weighted by Crippen LogP contribution is 2.19. The molecule has 0 unspecified atom stereocenters. The van der Waals surface area contributed by atoms with E-state index in [0.29, 0.717) is 0 Å². The Kier molecular flexibility index (Phi) is 4.64. The molecule has 0 spiro atoms. The van der Waals surface area contributed by atoms with E-state index in [0.717, 1.165) is 7.11 Å². The Morgan fingerprint density at radius 1 is 1.36 bits per heavy atom. The maximum atomic E-state index is 10.8. The van der Waals surface area contributed by atoms with Gasteiger partial charge in [0.25, 0.3) is 0 Å². The number of carbonyl (C=O) groups is 2. The number of rotatable bonds is 3. The molecule has 0 N–H and O–H groups in total. The molecule has 78 valence electrons. The molecule has 0 saturated heterocycles. The van der Waals surface area contributed by atoms with Gasteiger partial charge in [-0.3, -0.25) is 0 Å². The molecule has 0 aliphatic carbocycles. The quantitative estimate of drug-likeness (QED) is 0.492.